The third-order valence-corrected chi connectivity index (χ3v) is 6.39. The Labute approximate surface area is 156 Å². The molecule has 0 amide bonds. The van der Waals surface area contributed by atoms with Crippen molar-refractivity contribution >= 4 is 32.2 Å². The van der Waals surface area contributed by atoms with Gasteiger partial charge in [-0.15, -0.1) is 0 Å². The minimum absolute atomic E-state index is 0.211. The van der Waals surface area contributed by atoms with Crippen LogP contribution >= 0.6 is 11.6 Å². The first-order valence-electron chi connectivity index (χ1n) is 7.98. The number of fused-ring (bicyclic) bond motifs is 1. The molecule has 2 aromatic heterocycles. The van der Waals surface area contributed by atoms with E-state index in [0.717, 1.165) is 5.39 Å². The molecule has 2 aromatic rings. The Bertz CT molecular complexity index is 1010. The van der Waals surface area contributed by atoms with Crippen LogP contribution in [0.15, 0.2) is 23.6 Å². The average Bonchev–Trinajstić information content (AvgIpc) is 2.48. The maximum atomic E-state index is 11.5. The van der Waals surface area contributed by atoms with Gasteiger partial charge in [0.05, 0.1) is 16.2 Å². The molecule has 138 valence electrons. The summed E-state index contributed by atoms with van der Waals surface area (Å²) in [5.74, 6) is 0.363. The zero-order valence-corrected chi connectivity index (χ0v) is 16.1. The number of hydrogen-bond acceptors (Lipinski definition) is 6. The van der Waals surface area contributed by atoms with Gasteiger partial charge in [-0.3, -0.25) is 0 Å². The van der Waals surface area contributed by atoms with E-state index in [0.29, 0.717) is 34.8 Å². The van der Waals surface area contributed by atoms with E-state index in [2.05, 4.69) is 20.0 Å². The van der Waals surface area contributed by atoms with E-state index in [1.807, 2.05) is 0 Å². The van der Waals surface area contributed by atoms with Crippen LogP contribution in [0.4, 0.5) is 0 Å². The number of pyridine rings is 2. The van der Waals surface area contributed by atoms with Crippen LogP contribution in [0.5, 0.6) is 5.88 Å². The molecule has 0 aliphatic heterocycles. The van der Waals surface area contributed by atoms with Crippen LogP contribution in [0, 0.1) is 0 Å². The highest BCUT2D eigenvalue weighted by molar-refractivity contribution is 7.91. The average molecular weight is 396 g/mol. The number of hydrogen-bond donors (Lipinski definition) is 0. The molecule has 2 heterocycles. The lowest BCUT2D eigenvalue weighted by Gasteiger charge is -2.34. The maximum Gasteiger partial charge on any atom is 0.223 e. The van der Waals surface area contributed by atoms with Crippen LogP contribution in [0.3, 0.4) is 0 Å². The van der Waals surface area contributed by atoms with Crippen LogP contribution in [-0.4, -0.2) is 36.0 Å². The van der Waals surface area contributed by atoms with Gasteiger partial charge >= 0.3 is 0 Å². The van der Waals surface area contributed by atoms with Crippen molar-refractivity contribution in [1.29, 1.82) is 0 Å². The standard InChI is InChI=1S/C16H18ClN5O3S/c1-16(2,21-22-18)13-8-20-15(12-7-19-14(17)6-11(12)13)25-9-4-10(5-9)26(3,23)24/h6-10H,4-5H2,1-3H3/t9-,10+. The molecule has 1 aliphatic rings. The van der Waals surface area contributed by atoms with Crippen LogP contribution in [0.2, 0.25) is 5.15 Å². The number of azide groups is 1. The molecule has 26 heavy (non-hydrogen) atoms. The SMILES string of the molecule is CC(C)(N=[N+]=[N-])c1cnc(O[C@H]2C[C@@H](S(C)(=O)=O)C2)c2cnc(Cl)cc12. The number of aromatic nitrogens is 2. The topological polar surface area (TPSA) is 118 Å². The highest BCUT2D eigenvalue weighted by Gasteiger charge is 2.38. The summed E-state index contributed by atoms with van der Waals surface area (Å²) in [7, 11) is -3.05. The van der Waals surface area contributed by atoms with E-state index in [-0.39, 0.29) is 11.4 Å². The number of halogens is 1. The normalized spacial score (nSPS) is 20.3. The highest BCUT2D eigenvalue weighted by Crippen LogP contribution is 2.37. The van der Waals surface area contributed by atoms with Crippen molar-refractivity contribution in [2.75, 3.05) is 6.26 Å². The zero-order chi connectivity index (χ0) is 19.1. The van der Waals surface area contributed by atoms with Gasteiger partial charge in [-0.2, -0.15) is 0 Å². The Hall–Kier alpha value is -2.09. The van der Waals surface area contributed by atoms with Crippen molar-refractivity contribution in [2.24, 2.45) is 5.11 Å². The number of sulfone groups is 1. The van der Waals surface area contributed by atoms with Gasteiger partial charge < -0.3 is 4.74 Å². The summed E-state index contributed by atoms with van der Waals surface area (Å²) in [5, 5.41) is 5.13. The largest absolute Gasteiger partial charge is 0.474 e. The first-order valence-corrected chi connectivity index (χ1v) is 10.3. The molecule has 0 N–H and O–H groups in total. The minimum Gasteiger partial charge on any atom is -0.474 e. The van der Waals surface area contributed by atoms with Gasteiger partial charge in [0.2, 0.25) is 5.88 Å². The van der Waals surface area contributed by atoms with E-state index < -0.39 is 15.4 Å². The molecular weight excluding hydrogens is 378 g/mol. The van der Waals surface area contributed by atoms with Crippen molar-refractivity contribution in [1.82, 2.24) is 9.97 Å². The molecule has 0 radical (unpaired) electrons. The first kappa shape index (κ1) is 18.7. The summed E-state index contributed by atoms with van der Waals surface area (Å²) in [6.07, 6.45) is 5.05. The summed E-state index contributed by atoms with van der Waals surface area (Å²) in [6.45, 7) is 3.56. The summed E-state index contributed by atoms with van der Waals surface area (Å²) in [5.41, 5.74) is 8.69. The van der Waals surface area contributed by atoms with Crippen molar-refractivity contribution in [3.8, 4) is 5.88 Å². The van der Waals surface area contributed by atoms with Gasteiger partial charge in [-0.05, 0) is 22.5 Å². The Morgan fingerprint density at radius 1 is 1.31 bits per heavy atom. The molecule has 1 saturated carbocycles. The molecule has 0 saturated heterocycles. The van der Waals surface area contributed by atoms with E-state index in [1.165, 1.54) is 6.26 Å². The molecule has 0 spiro atoms. The first-order chi connectivity index (χ1) is 12.1. The predicted octanol–water partition coefficient (Wildman–Crippen LogP) is 3.78. The fourth-order valence-corrected chi connectivity index (χ4v) is 4.24. The summed E-state index contributed by atoms with van der Waals surface area (Å²) in [4.78, 5) is 11.3. The molecule has 3 rings (SSSR count). The summed E-state index contributed by atoms with van der Waals surface area (Å²) in [6, 6.07) is 1.68. The fourth-order valence-electron chi connectivity index (χ4n) is 2.95. The molecule has 0 aromatic carbocycles. The minimum atomic E-state index is -3.05. The number of rotatable bonds is 5. The van der Waals surface area contributed by atoms with Gasteiger partial charge in [0.25, 0.3) is 0 Å². The van der Waals surface area contributed by atoms with E-state index >= 15 is 0 Å². The van der Waals surface area contributed by atoms with E-state index in [9.17, 15) is 8.42 Å². The Kier molecular flexibility index (Phi) is 4.72. The molecule has 0 bridgehead atoms. The van der Waals surface area contributed by atoms with Crippen LogP contribution in [0.1, 0.15) is 32.3 Å². The van der Waals surface area contributed by atoms with E-state index in [4.69, 9.17) is 21.9 Å². The number of ether oxygens (including phenoxy) is 1. The Balaban J connectivity index is 1.98. The third-order valence-electron chi connectivity index (χ3n) is 4.59. The molecule has 0 unspecified atom stereocenters. The smallest absolute Gasteiger partial charge is 0.223 e. The number of nitrogens with zero attached hydrogens (tertiary/aromatic N) is 5. The maximum absolute atomic E-state index is 11.5. The monoisotopic (exact) mass is 395 g/mol. The lowest BCUT2D eigenvalue weighted by Crippen LogP contribution is -2.42. The van der Waals surface area contributed by atoms with Crippen LogP contribution in [-0.2, 0) is 15.4 Å². The molecule has 0 atom stereocenters. The fraction of sp³-hybridized carbons (Fsp3) is 0.500. The summed E-state index contributed by atoms with van der Waals surface area (Å²) >= 11 is 6.04. The van der Waals surface area contributed by atoms with Gasteiger partial charge in [0.1, 0.15) is 11.3 Å². The van der Waals surface area contributed by atoms with Crippen molar-refractivity contribution < 1.29 is 13.2 Å². The van der Waals surface area contributed by atoms with Crippen molar-refractivity contribution in [3.05, 3.63) is 39.6 Å². The van der Waals surface area contributed by atoms with Crippen LogP contribution < -0.4 is 4.74 Å². The second-order valence-electron chi connectivity index (χ2n) is 6.94. The lowest BCUT2D eigenvalue weighted by atomic mass is 9.92. The third kappa shape index (κ3) is 3.56. The Morgan fingerprint density at radius 3 is 2.62 bits per heavy atom. The molecule has 10 heteroatoms. The Morgan fingerprint density at radius 2 is 2.00 bits per heavy atom. The van der Waals surface area contributed by atoms with Gasteiger partial charge in [-0.1, -0.05) is 30.6 Å². The second kappa shape index (κ2) is 6.57. The molecule has 8 nitrogen and oxygen atoms in total. The van der Waals surface area contributed by atoms with Crippen molar-refractivity contribution in [3.63, 3.8) is 0 Å². The van der Waals surface area contributed by atoms with Gasteiger partial charge in [0.15, 0.2) is 9.84 Å². The highest BCUT2D eigenvalue weighted by atomic mass is 35.5. The van der Waals surface area contributed by atoms with Gasteiger partial charge in [0, 0.05) is 36.4 Å². The zero-order valence-electron chi connectivity index (χ0n) is 14.5. The van der Waals surface area contributed by atoms with Crippen LogP contribution in [0.25, 0.3) is 21.2 Å². The quantitative estimate of drug-likeness (QED) is 0.330. The lowest BCUT2D eigenvalue weighted by molar-refractivity contribution is 0.119. The molecule has 1 aliphatic carbocycles. The molecular formula is C16H18ClN5O3S. The molecule has 1 fully saturated rings. The van der Waals surface area contributed by atoms with E-state index in [1.54, 1.807) is 32.3 Å². The summed E-state index contributed by atoms with van der Waals surface area (Å²) < 4.78 is 29.0. The second-order valence-corrected chi connectivity index (χ2v) is 9.65. The van der Waals surface area contributed by atoms with Gasteiger partial charge in [-0.25, -0.2) is 18.4 Å². The van der Waals surface area contributed by atoms with Crippen molar-refractivity contribution in [2.45, 2.75) is 43.6 Å². The predicted molar refractivity (Wildman–Crippen MR) is 99.0 cm³/mol.